The first kappa shape index (κ1) is 16.6. The number of ketones is 1. The van der Waals surface area contributed by atoms with Crippen LogP contribution < -0.4 is 0 Å². The topological polar surface area (TPSA) is 46.6 Å². The van der Waals surface area contributed by atoms with E-state index in [9.17, 15) is 14.0 Å². The summed E-state index contributed by atoms with van der Waals surface area (Å²) in [4.78, 5) is 24.0. The summed E-state index contributed by atoms with van der Waals surface area (Å²) in [7, 11) is 1.48. The van der Waals surface area contributed by atoms with Crippen LogP contribution >= 0.6 is 0 Å². The smallest absolute Gasteiger partial charge is 0.410 e. The monoisotopic (exact) mass is 259 g/mol. The average Bonchev–Trinajstić information content (AvgIpc) is 2.21. The number of ether oxygens (including phenoxy) is 1. The number of hydrogen-bond donors (Lipinski definition) is 0. The summed E-state index contributed by atoms with van der Waals surface area (Å²) in [5, 5.41) is 0. The minimum absolute atomic E-state index is 0.000787. The molecule has 0 spiro atoms. The number of carbonyl (C=O) groups excluding carboxylic acids is 2. The molecule has 18 heavy (non-hydrogen) atoms. The Hall–Kier alpha value is -1.39. The van der Waals surface area contributed by atoms with Crippen LogP contribution in [0.15, 0.2) is 11.9 Å². The molecule has 0 unspecified atom stereocenters. The van der Waals surface area contributed by atoms with Crippen molar-refractivity contribution in [3.63, 3.8) is 0 Å². The highest BCUT2D eigenvalue weighted by Gasteiger charge is 2.19. The van der Waals surface area contributed by atoms with E-state index in [1.54, 1.807) is 34.6 Å². The lowest BCUT2D eigenvalue weighted by Gasteiger charge is -2.23. The second kappa shape index (κ2) is 6.52. The van der Waals surface area contributed by atoms with Crippen LogP contribution in [0.2, 0.25) is 0 Å². The highest BCUT2D eigenvalue weighted by Crippen LogP contribution is 2.10. The molecule has 0 saturated carbocycles. The van der Waals surface area contributed by atoms with Crippen LogP contribution in [0.5, 0.6) is 0 Å². The molecule has 0 aromatic carbocycles. The zero-order valence-electron chi connectivity index (χ0n) is 11.9. The van der Waals surface area contributed by atoms with Gasteiger partial charge >= 0.3 is 6.09 Å². The van der Waals surface area contributed by atoms with Gasteiger partial charge in [-0.2, -0.15) is 0 Å². The highest BCUT2D eigenvalue weighted by atomic mass is 19.1. The Balaban J connectivity index is 4.42. The van der Waals surface area contributed by atoms with Gasteiger partial charge in [0.25, 0.3) is 0 Å². The molecule has 0 N–H and O–H groups in total. The molecule has 0 aliphatic rings. The van der Waals surface area contributed by atoms with E-state index in [-0.39, 0.29) is 6.54 Å². The van der Waals surface area contributed by atoms with Gasteiger partial charge in [0.1, 0.15) is 5.60 Å². The number of rotatable bonds is 4. The van der Waals surface area contributed by atoms with Gasteiger partial charge in [0.2, 0.25) is 0 Å². The molecule has 0 aromatic rings. The molecule has 4 nitrogen and oxygen atoms in total. The maximum atomic E-state index is 13.3. The molecule has 0 fully saturated rings. The molecule has 0 bridgehead atoms. The van der Waals surface area contributed by atoms with E-state index in [4.69, 9.17) is 4.74 Å². The van der Waals surface area contributed by atoms with Crippen molar-refractivity contribution < 1.29 is 18.7 Å². The van der Waals surface area contributed by atoms with Crippen molar-refractivity contribution >= 4 is 11.9 Å². The van der Waals surface area contributed by atoms with Gasteiger partial charge in [-0.05, 0) is 26.8 Å². The lowest BCUT2D eigenvalue weighted by molar-refractivity contribution is -0.119. The minimum atomic E-state index is -0.819. The molecular formula is C13H22FNO3. The minimum Gasteiger partial charge on any atom is -0.444 e. The lowest BCUT2D eigenvalue weighted by Crippen LogP contribution is -2.34. The Kier molecular flexibility index (Phi) is 6.01. The van der Waals surface area contributed by atoms with Crippen LogP contribution in [0.1, 0.15) is 34.6 Å². The number of Topliss-reactive ketones (excluding diaryl/α,β-unsaturated/α-hetero) is 1. The van der Waals surface area contributed by atoms with Crippen molar-refractivity contribution in [1.29, 1.82) is 0 Å². The fourth-order valence-corrected chi connectivity index (χ4v) is 1.01. The van der Waals surface area contributed by atoms with Gasteiger partial charge in [-0.15, -0.1) is 0 Å². The standard InChI is InChI=1S/C13H22FNO3/c1-9(2)11(16)10(14)7-8-15(6)12(17)18-13(3,4)5/h7,9H,8H2,1-6H3/b10-7-. The highest BCUT2D eigenvalue weighted by molar-refractivity contribution is 5.94. The molecule has 0 aromatic heterocycles. The van der Waals surface area contributed by atoms with E-state index in [0.717, 1.165) is 6.08 Å². The Morgan fingerprint density at radius 3 is 2.22 bits per heavy atom. The second-order valence-electron chi connectivity index (χ2n) is 5.43. The van der Waals surface area contributed by atoms with E-state index < -0.39 is 29.2 Å². The van der Waals surface area contributed by atoms with Gasteiger partial charge in [0.15, 0.2) is 11.6 Å². The normalized spacial score (nSPS) is 12.6. The Bertz CT molecular complexity index is 343. The summed E-state index contributed by atoms with van der Waals surface area (Å²) in [5.41, 5.74) is -0.596. The van der Waals surface area contributed by atoms with Gasteiger partial charge in [0, 0.05) is 19.5 Å². The van der Waals surface area contributed by atoms with Crippen molar-refractivity contribution in [3.8, 4) is 0 Å². The summed E-state index contributed by atoms with van der Waals surface area (Å²) in [6.45, 7) is 8.48. The van der Waals surface area contributed by atoms with E-state index in [1.165, 1.54) is 11.9 Å². The molecule has 0 rings (SSSR count). The van der Waals surface area contributed by atoms with Crippen LogP contribution in [0.3, 0.4) is 0 Å². The fraction of sp³-hybridized carbons (Fsp3) is 0.692. The average molecular weight is 259 g/mol. The van der Waals surface area contributed by atoms with E-state index in [2.05, 4.69) is 0 Å². The Morgan fingerprint density at radius 1 is 1.33 bits per heavy atom. The number of nitrogens with zero attached hydrogens (tertiary/aromatic N) is 1. The summed E-state index contributed by atoms with van der Waals surface area (Å²) >= 11 is 0. The largest absolute Gasteiger partial charge is 0.444 e. The summed E-state index contributed by atoms with van der Waals surface area (Å²) in [6, 6.07) is 0. The van der Waals surface area contributed by atoms with Gasteiger partial charge < -0.3 is 9.64 Å². The molecule has 0 atom stereocenters. The van der Waals surface area contributed by atoms with E-state index in [1.807, 2.05) is 0 Å². The molecule has 0 aliphatic heterocycles. The number of allylic oxidation sites excluding steroid dienone is 1. The number of halogens is 1. The first-order valence-electron chi connectivity index (χ1n) is 5.88. The maximum absolute atomic E-state index is 13.3. The van der Waals surface area contributed by atoms with Crippen molar-refractivity contribution in [1.82, 2.24) is 4.90 Å². The van der Waals surface area contributed by atoms with Crippen LogP contribution in [0, 0.1) is 5.92 Å². The summed E-state index contributed by atoms with van der Waals surface area (Å²) in [5.74, 6) is -1.78. The number of amides is 1. The number of hydrogen-bond acceptors (Lipinski definition) is 3. The van der Waals surface area contributed by atoms with Gasteiger partial charge in [-0.3, -0.25) is 4.79 Å². The predicted molar refractivity (Wildman–Crippen MR) is 67.9 cm³/mol. The fourth-order valence-electron chi connectivity index (χ4n) is 1.01. The van der Waals surface area contributed by atoms with Crippen molar-refractivity contribution in [3.05, 3.63) is 11.9 Å². The third-order valence-corrected chi connectivity index (χ3v) is 2.01. The predicted octanol–water partition coefficient (Wildman–Crippen LogP) is 2.93. The quantitative estimate of drug-likeness (QED) is 0.729. The number of carbonyl (C=O) groups is 2. The van der Waals surface area contributed by atoms with Crippen LogP contribution in [-0.4, -0.2) is 36.0 Å². The Morgan fingerprint density at radius 2 is 1.83 bits per heavy atom. The van der Waals surface area contributed by atoms with Crippen molar-refractivity contribution in [2.24, 2.45) is 5.92 Å². The third kappa shape index (κ3) is 6.37. The third-order valence-electron chi connectivity index (χ3n) is 2.01. The Labute approximate surface area is 108 Å². The van der Waals surface area contributed by atoms with Gasteiger partial charge in [-0.25, -0.2) is 9.18 Å². The SMILES string of the molecule is CC(C)C(=O)/C(F)=C/CN(C)C(=O)OC(C)(C)C. The molecule has 104 valence electrons. The molecule has 0 radical (unpaired) electrons. The molecule has 0 saturated heterocycles. The molecule has 1 amide bonds. The van der Waals surface area contributed by atoms with Crippen LogP contribution in [0.4, 0.5) is 9.18 Å². The zero-order chi connectivity index (χ0) is 14.5. The van der Waals surface area contributed by atoms with Crippen molar-refractivity contribution in [2.75, 3.05) is 13.6 Å². The maximum Gasteiger partial charge on any atom is 0.410 e. The van der Waals surface area contributed by atoms with E-state index in [0.29, 0.717) is 0 Å². The first-order chi connectivity index (χ1) is 8.04. The molecule has 5 heteroatoms. The van der Waals surface area contributed by atoms with Crippen LogP contribution in [0.25, 0.3) is 0 Å². The summed E-state index contributed by atoms with van der Waals surface area (Å²) in [6.07, 6.45) is 0.537. The second-order valence-corrected chi connectivity index (χ2v) is 5.43. The molecule has 0 aliphatic carbocycles. The molecule has 0 heterocycles. The van der Waals surface area contributed by atoms with Gasteiger partial charge in [0.05, 0.1) is 0 Å². The van der Waals surface area contributed by atoms with Gasteiger partial charge in [-0.1, -0.05) is 13.8 Å². The summed E-state index contributed by atoms with van der Waals surface area (Å²) < 4.78 is 18.4. The molecular weight excluding hydrogens is 237 g/mol. The first-order valence-corrected chi connectivity index (χ1v) is 5.88. The zero-order valence-corrected chi connectivity index (χ0v) is 11.9. The van der Waals surface area contributed by atoms with Crippen LogP contribution in [-0.2, 0) is 9.53 Å². The van der Waals surface area contributed by atoms with E-state index >= 15 is 0 Å². The lowest BCUT2D eigenvalue weighted by atomic mass is 10.1. The van der Waals surface area contributed by atoms with Crippen molar-refractivity contribution in [2.45, 2.75) is 40.2 Å². The number of likely N-dealkylation sites (N-methyl/N-ethyl adjacent to an activating group) is 1.